The lowest BCUT2D eigenvalue weighted by atomic mass is 10.0. The molecule has 6 rings (SSSR count). The predicted octanol–water partition coefficient (Wildman–Crippen LogP) is 2.44. The van der Waals surface area contributed by atoms with Gasteiger partial charge in [0.2, 0.25) is 5.95 Å². The SMILES string of the molecule is C[C@@H]1COCCN1c1nc(N2CCOC[C@H]2C)c2[nH]c(-c3cccc4c3CCN4)nc2n1. The number of morpholine rings is 2. The van der Waals surface area contributed by atoms with Crippen molar-refractivity contribution in [2.24, 2.45) is 0 Å². The molecular weight excluding hydrogens is 406 g/mol. The van der Waals surface area contributed by atoms with Crippen LogP contribution in [0.25, 0.3) is 22.6 Å². The molecule has 9 nitrogen and oxygen atoms in total. The number of hydrogen-bond donors (Lipinski definition) is 2. The smallest absolute Gasteiger partial charge is 0.229 e. The molecule has 0 unspecified atom stereocenters. The number of rotatable bonds is 3. The maximum atomic E-state index is 5.69. The number of imidazole rings is 1. The van der Waals surface area contributed by atoms with E-state index in [2.05, 4.69) is 52.1 Å². The average molecular weight is 436 g/mol. The van der Waals surface area contributed by atoms with Gasteiger partial charge in [0.1, 0.15) is 11.3 Å². The number of anilines is 3. The Labute approximate surface area is 187 Å². The van der Waals surface area contributed by atoms with Crippen molar-refractivity contribution in [3.8, 4) is 11.4 Å². The zero-order valence-electron chi connectivity index (χ0n) is 18.6. The van der Waals surface area contributed by atoms with Crippen LogP contribution in [0.4, 0.5) is 17.5 Å². The van der Waals surface area contributed by atoms with E-state index >= 15 is 0 Å². The predicted molar refractivity (Wildman–Crippen MR) is 125 cm³/mol. The Morgan fingerprint density at radius 2 is 1.75 bits per heavy atom. The molecule has 5 heterocycles. The van der Waals surface area contributed by atoms with Gasteiger partial charge in [-0.1, -0.05) is 12.1 Å². The van der Waals surface area contributed by atoms with Crippen LogP contribution in [0, 0.1) is 0 Å². The molecule has 2 saturated heterocycles. The number of benzene rings is 1. The third-order valence-electron chi connectivity index (χ3n) is 6.71. The van der Waals surface area contributed by atoms with Gasteiger partial charge in [-0.2, -0.15) is 9.97 Å². The molecule has 0 saturated carbocycles. The summed E-state index contributed by atoms with van der Waals surface area (Å²) in [6, 6.07) is 6.80. The van der Waals surface area contributed by atoms with E-state index in [1.54, 1.807) is 0 Å². The third kappa shape index (κ3) is 3.27. The lowest BCUT2D eigenvalue weighted by molar-refractivity contribution is 0.0973. The number of nitrogens with zero attached hydrogens (tertiary/aromatic N) is 5. The van der Waals surface area contributed by atoms with Gasteiger partial charge in [0.25, 0.3) is 0 Å². The molecule has 2 atom stereocenters. The molecule has 1 aromatic carbocycles. The van der Waals surface area contributed by atoms with Gasteiger partial charge in [-0.05, 0) is 31.9 Å². The van der Waals surface area contributed by atoms with Gasteiger partial charge in [-0.3, -0.25) is 0 Å². The number of fused-ring (bicyclic) bond motifs is 2. The summed E-state index contributed by atoms with van der Waals surface area (Å²) >= 11 is 0. The summed E-state index contributed by atoms with van der Waals surface area (Å²) in [6.07, 6.45) is 0.998. The molecule has 168 valence electrons. The summed E-state index contributed by atoms with van der Waals surface area (Å²) in [5.74, 6) is 2.48. The summed E-state index contributed by atoms with van der Waals surface area (Å²) < 4.78 is 11.3. The standard InChI is InChI=1S/C23H29N7O2/c1-14-12-31-10-8-29(14)22-19-21(27-23(28-22)30-9-11-32-13-15(30)2)26-20(25-19)17-4-3-5-18-16(17)6-7-24-18/h3-5,14-15,24H,6-13H2,1-2H3,(H,25,26,27,28)/t14-,15-/m1/s1. The number of aromatic nitrogens is 4. The molecule has 9 heteroatoms. The Hall–Kier alpha value is -2.91. The van der Waals surface area contributed by atoms with Crippen LogP contribution in [-0.4, -0.2) is 78.1 Å². The zero-order chi connectivity index (χ0) is 21.7. The summed E-state index contributed by atoms with van der Waals surface area (Å²) in [4.78, 5) is 23.1. The number of H-pyrrole nitrogens is 1. The molecule has 0 radical (unpaired) electrons. The lowest BCUT2D eigenvalue weighted by Gasteiger charge is -2.36. The molecule has 2 N–H and O–H groups in total. The van der Waals surface area contributed by atoms with Crippen LogP contribution < -0.4 is 15.1 Å². The average Bonchev–Trinajstić information content (AvgIpc) is 3.46. The minimum Gasteiger partial charge on any atom is -0.384 e. The fraction of sp³-hybridized carbons (Fsp3) is 0.522. The quantitative estimate of drug-likeness (QED) is 0.648. The monoisotopic (exact) mass is 435 g/mol. The van der Waals surface area contributed by atoms with E-state index in [0.29, 0.717) is 32.1 Å². The van der Waals surface area contributed by atoms with E-state index < -0.39 is 0 Å². The van der Waals surface area contributed by atoms with Crippen molar-refractivity contribution in [2.45, 2.75) is 32.4 Å². The lowest BCUT2D eigenvalue weighted by Crippen LogP contribution is -2.46. The third-order valence-corrected chi connectivity index (χ3v) is 6.71. The van der Waals surface area contributed by atoms with Crippen LogP contribution in [0.1, 0.15) is 19.4 Å². The fourth-order valence-electron chi connectivity index (χ4n) is 4.97. The Morgan fingerprint density at radius 1 is 0.969 bits per heavy atom. The van der Waals surface area contributed by atoms with E-state index in [1.165, 1.54) is 11.3 Å². The van der Waals surface area contributed by atoms with Crippen LogP contribution >= 0.6 is 0 Å². The van der Waals surface area contributed by atoms with Gasteiger partial charge in [-0.15, -0.1) is 0 Å². The van der Waals surface area contributed by atoms with Crippen molar-refractivity contribution < 1.29 is 9.47 Å². The van der Waals surface area contributed by atoms with Gasteiger partial charge >= 0.3 is 0 Å². The Kier molecular flexibility index (Phi) is 4.87. The van der Waals surface area contributed by atoms with E-state index in [4.69, 9.17) is 24.4 Å². The Morgan fingerprint density at radius 3 is 2.53 bits per heavy atom. The first-order valence-electron chi connectivity index (χ1n) is 11.5. The molecule has 0 spiro atoms. The molecular formula is C23H29N7O2. The maximum absolute atomic E-state index is 5.69. The highest BCUT2D eigenvalue weighted by Crippen LogP contribution is 2.35. The first-order valence-corrected chi connectivity index (χ1v) is 11.5. The second-order valence-electron chi connectivity index (χ2n) is 8.87. The summed E-state index contributed by atoms with van der Waals surface area (Å²) in [6.45, 7) is 9.61. The normalized spacial score (nSPS) is 23.4. The zero-order valence-corrected chi connectivity index (χ0v) is 18.6. The van der Waals surface area contributed by atoms with Gasteiger partial charge < -0.3 is 29.6 Å². The van der Waals surface area contributed by atoms with Gasteiger partial charge in [-0.25, -0.2) is 4.98 Å². The number of nitrogens with one attached hydrogen (secondary N) is 2. The van der Waals surface area contributed by atoms with Crippen molar-refractivity contribution in [2.75, 3.05) is 61.2 Å². The Balaban J connectivity index is 1.51. The highest BCUT2D eigenvalue weighted by Gasteiger charge is 2.29. The minimum absolute atomic E-state index is 0.220. The number of aromatic amines is 1. The molecule has 3 aliphatic heterocycles. The first kappa shape index (κ1) is 19.8. The van der Waals surface area contributed by atoms with E-state index in [0.717, 1.165) is 54.7 Å². The highest BCUT2D eigenvalue weighted by molar-refractivity contribution is 5.88. The summed E-state index contributed by atoms with van der Waals surface area (Å²) in [7, 11) is 0. The molecule has 2 fully saturated rings. The minimum atomic E-state index is 0.220. The maximum Gasteiger partial charge on any atom is 0.229 e. The van der Waals surface area contributed by atoms with Crippen LogP contribution in [0.2, 0.25) is 0 Å². The van der Waals surface area contributed by atoms with Gasteiger partial charge in [0, 0.05) is 30.9 Å². The van der Waals surface area contributed by atoms with Gasteiger partial charge in [0.15, 0.2) is 11.5 Å². The fourth-order valence-corrected chi connectivity index (χ4v) is 4.97. The molecule has 3 aliphatic rings. The van der Waals surface area contributed by atoms with E-state index in [9.17, 15) is 0 Å². The van der Waals surface area contributed by atoms with Crippen LogP contribution in [0.3, 0.4) is 0 Å². The van der Waals surface area contributed by atoms with Crippen molar-refractivity contribution >= 4 is 28.6 Å². The second-order valence-corrected chi connectivity index (χ2v) is 8.87. The first-order chi connectivity index (χ1) is 15.7. The highest BCUT2D eigenvalue weighted by atomic mass is 16.5. The second kappa shape index (κ2) is 7.90. The molecule has 2 aromatic heterocycles. The summed E-state index contributed by atoms with van der Waals surface area (Å²) in [5.41, 5.74) is 5.23. The van der Waals surface area contributed by atoms with E-state index in [-0.39, 0.29) is 12.1 Å². The van der Waals surface area contributed by atoms with Crippen LogP contribution in [-0.2, 0) is 15.9 Å². The van der Waals surface area contributed by atoms with Crippen molar-refractivity contribution in [3.63, 3.8) is 0 Å². The van der Waals surface area contributed by atoms with Crippen LogP contribution in [0.15, 0.2) is 18.2 Å². The molecule has 3 aromatic rings. The molecule has 0 amide bonds. The van der Waals surface area contributed by atoms with Crippen molar-refractivity contribution in [3.05, 3.63) is 23.8 Å². The number of hydrogen-bond acceptors (Lipinski definition) is 8. The number of ether oxygens (including phenoxy) is 2. The Bertz CT molecular complexity index is 1150. The molecule has 0 aliphatic carbocycles. The van der Waals surface area contributed by atoms with E-state index in [1.807, 2.05) is 0 Å². The summed E-state index contributed by atoms with van der Waals surface area (Å²) in [5, 5.41) is 3.46. The van der Waals surface area contributed by atoms with Crippen LogP contribution in [0.5, 0.6) is 0 Å². The van der Waals surface area contributed by atoms with Crippen molar-refractivity contribution in [1.82, 2.24) is 19.9 Å². The van der Waals surface area contributed by atoms with Crippen molar-refractivity contribution in [1.29, 1.82) is 0 Å². The topological polar surface area (TPSA) is 91.4 Å². The molecule has 0 bridgehead atoms. The largest absolute Gasteiger partial charge is 0.384 e. The molecule has 32 heavy (non-hydrogen) atoms. The van der Waals surface area contributed by atoms with Gasteiger partial charge in [0.05, 0.1) is 38.5 Å².